The van der Waals surface area contributed by atoms with E-state index in [1.54, 1.807) is 11.3 Å². The van der Waals surface area contributed by atoms with Gasteiger partial charge in [0.25, 0.3) is 0 Å². The summed E-state index contributed by atoms with van der Waals surface area (Å²) in [6.07, 6.45) is 5.45. The van der Waals surface area contributed by atoms with Gasteiger partial charge in [0.05, 0.1) is 12.2 Å². The van der Waals surface area contributed by atoms with E-state index in [-0.39, 0.29) is 0 Å². The van der Waals surface area contributed by atoms with E-state index in [0.29, 0.717) is 5.92 Å². The number of hydrogen-bond acceptors (Lipinski definition) is 3. The Morgan fingerprint density at radius 3 is 2.86 bits per heavy atom. The number of nitrogens with zero attached hydrogens (tertiary/aromatic N) is 2. The second-order valence-electron chi connectivity index (χ2n) is 6.77. The van der Waals surface area contributed by atoms with Crippen molar-refractivity contribution in [3.63, 3.8) is 0 Å². The number of hydrogen-bond donors (Lipinski definition) is 2. The van der Waals surface area contributed by atoms with E-state index in [4.69, 9.17) is 0 Å². The van der Waals surface area contributed by atoms with Gasteiger partial charge >= 0.3 is 0 Å². The highest BCUT2D eigenvalue weighted by molar-refractivity contribution is 7.09. The van der Waals surface area contributed by atoms with E-state index in [9.17, 15) is 0 Å². The number of thiazole rings is 1. The van der Waals surface area contributed by atoms with E-state index in [0.717, 1.165) is 35.9 Å². The highest BCUT2D eigenvalue weighted by Gasteiger charge is 2.18. The zero-order valence-electron chi connectivity index (χ0n) is 14.4. The minimum absolute atomic E-state index is 0.496. The van der Waals surface area contributed by atoms with Crippen LogP contribution >= 0.6 is 11.3 Å². The summed E-state index contributed by atoms with van der Waals surface area (Å²) in [5, 5.41) is 10.1. The topological polar surface area (TPSA) is 49.3 Å². The quantitative estimate of drug-likeness (QED) is 0.641. The smallest absolute Gasteiger partial charge is 0.191 e. The van der Waals surface area contributed by atoms with E-state index in [1.807, 2.05) is 7.05 Å². The first kappa shape index (κ1) is 17.3. The summed E-state index contributed by atoms with van der Waals surface area (Å²) in [5.74, 6) is 3.05. The normalized spacial score (nSPS) is 22.9. The molecular formula is C17H30N4S. The van der Waals surface area contributed by atoms with Crippen LogP contribution in [-0.4, -0.2) is 24.5 Å². The lowest BCUT2D eigenvalue weighted by Crippen LogP contribution is -2.40. The first-order valence-corrected chi connectivity index (χ1v) is 9.35. The third kappa shape index (κ3) is 5.27. The zero-order chi connectivity index (χ0) is 15.9. The number of nitrogens with one attached hydrogen (secondary N) is 2. The predicted octanol–water partition coefficient (Wildman–Crippen LogP) is 3.76. The molecule has 2 unspecified atom stereocenters. The summed E-state index contributed by atoms with van der Waals surface area (Å²) in [6, 6.07) is 0. The van der Waals surface area contributed by atoms with E-state index < -0.39 is 0 Å². The largest absolute Gasteiger partial charge is 0.356 e. The van der Waals surface area contributed by atoms with Crippen molar-refractivity contribution < 1.29 is 0 Å². The first-order chi connectivity index (χ1) is 10.6. The summed E-state index contributed by atoms with van der Waals surface area (Å²) in [5.41, 5.74) is 1.18. The molecule has 1 heterocycles. The maximum Gasteiger partial charge on any atom is 0.191 e. The number of aliphatic imine (C=N–C) groups is 1. The lowest BCUT2D eigenvalue weighted by molar-refractivity contribution is 0.282. The van der Waals surface area contributed by atoms with Crippen molar-refractivity contribution in [2.75, 3.05) is 13.6 Å². The van der Waals surface area contributed by atoms with Crippen LogP contribution in [0.4, 0.5) is 0 Å². The second-order valence-corrected chi connectivity index (χ2v) is 7.71. The van der Waals surface area contributed by atoms with Crippen molar-refractivity contribution in [2.24, 2.45) is 16.8 Å². The van der Waals surface area contributed by atoms with Crippen LogP contribution in [0.2, 0.25) is 0 Å². The van der Waals surface area contributed by atoms with Gasteiger partial charge in [0.1, 0.15) is 5.01 Å². The van der Waals surface area contributed by atoms with Crippen molar-refractivity contribution in [1.29, 1.82) is 0 Å². The van der Waals surface area contributed by atoms with Crippen LogP contribution in [0.1, 0.15) is 63.1 Å². The molecule has 1 aliphatic rings. The van der Waals surface area contributed by atoms with Gasteiger partial charge in [-0.05, 0) is 30.6 Å². The molecule has 2 rings (SSSR count). The minimum atomic E-state index is 0.496. The van der Waals surface area contributed by atoms with Crippen molar-refractivity contribution >= 4 is 17.3 Å². The molecule has 1 aromatic rings. The Labute approximate surface area is 138 Å². The fraction of sp³-hybridized carbons (Fsp3) is 0.765. The molecule has 0 aliphatic heterocycles. The maximum atomic E-state index is 4.65. The number of guanidine groups is 1. The van der Waals surface area contributed by atoms with Gasteiger partial charge in [-0.1, -0.05) is 33.6 Å². The Kier molecular flexibility index (Phi) is 6.68. The second kappa shape index (κ2) is 8.51. The Hall–Kier alpha value is -1.10. The Morgan fingerprint density at radius 2 is 2.23 bits per heavy atom. The maximum absolute atomic E-state index is 4.65. The molecule has 1 saturated carbocycles. The SMILES string of the molecule is CN=C(NCc1nc(C(C)C)cs1)NCC1CCCC(C)C1. The fourth-order valence-electron chi connectivity index (χ4n) is 3.04. The van der Waals surface area contributed by atoms with Crippen molar-refractivity contribution in [2.45, 2.75) is 58.9 Å². The van der Waals surface area contributed by atoms with Crippen molar-refractivity contribution in [1.82, 2.24) is 15.6 Å². The summed E-state index contributed by atoms with van der Waals surface area (Å²) >= 11 is 1.72. The molecule has 0 aromatic carbocycles. The Bertz CT molecular complexity index is 481. The molecule has 0 spiro atoms. The molecular weight excluding hydrogens is 292 g/mol. The van der Waals surface area contributed by atoms with E-state index >= 15 is 0 Å². The Morgan fingerprint density at radius 1 is 1.41 bits per heavy atom. The highest BCUT2D eigenvalue weighted by Crippen LogP contribution is 2.27. The van der Waals surface area contributed by atoms with Gasteiger partial charge in [-0.15, -0.1) is 11.3 Å². The van der Waals surface area contributed by atoms with Crippen LogP contribution in [0, 0.1) is 11.8 Å². The standard InChI is InChI=1S/C17H30N4S/c1-12(2)15-11-22-16(21-15)10-20-17(18-4)19-9-14-7-5-6-13(3)8-14/h11-14H,5-10H2,1-4H3,(H2,18,19,20). The molecule has 1 aliphatic carbocycles. The van der Waals surface area contributed by atoms with Gasteiger partial charge in [-0.25, -0.2) is 4.98 Å². The molecule has 0 amide bonds. The van der Waals surface area contributed by atoms with Gasteiger partial charge in [-0.2, -0.15) is 0 Å². The van der Waals surface area contributed by atoms with Crippen LogP contribution in [0.5, 0.6) is 0 Å². The lowest BCUT2D eigenvalue weighted by atomic mass is 9.82. The molecule has 22 heavy (non-hydrogen) atoms. The molecule has 0 bridgehead atoms. The number of aromatic nitrogens is 1. The van der Waals surface area contributed by atoms with Crippen LogP contribution in [0.15, 0.2) is 10.4 Å². The van der Waals surface area contributed by atoms with E-state index in [2.05, 4.69) is 46.8 Å². The number of rotatable bonds is 5. The average molecular weight is 323 g/mol. The van der Waals surface area contributed by atoms with Crippen LogP contribution in [0.3, 0.4) is 0 Å². The average Bonchev–Trinajstić information content (AvgIpc) is 2.97. The van der Waals surface area contributed by atoms with Gasteiger partial charge in [-0.3, -0.25) is 4.99 Å². The molecule has 2 N–H and O–H groups in total. The minimum Gasteiger partial charge on any atom is -0.356 e. The van der Waals surface area contributed by atoms with Crippen molar-refractivity contribution in [3.8, 4) is 0 Å². The molecule has 5 heteroatoms. The van der Waals surface area contributed by atoms with Crippen LogP contribution in [-0.2, 0) is 6.54 Å². The molecule has 2 atom stereocenters. The zero-order valence-corrected chi connectivity index (χ0v) is 15.2. The molecule has 4 nitrogen and oxygen atoms in total. The third-order valence-electron chi connectivity index (χ3n) is 4.39. The summed E-state index contributed by atoms with van der Waals surface area (Å²) in [4.78, 5) is 8.97. The predicted molar refractivity (Wildman–Crippen MR) is 95.5 cm³/mol. The summed E-state index contributed by atoms with van der Waals surface area (Å²) in [7, 11) is 1.83. The van der Waals surface area contributed by atoms with Crippen LogP contribution < -0.4 is 10.6 Å². The first-order valence-electron chi connectivity index (χ1n) is 8.47. The van der Waals surface area contributed by atoms with Gasteiger partial charge in [0.15, 0.2) is 5.96 Å². The fourth-order valence-corrected chi connectivity index (χ4v) is 3.93. The highest BCUT2D eigenvalue weighted by atomic mass is 32.1. The molecule has 124 valence electrons. The van der Waals surface area contributed by atoms with Gasteiger partial charge in [0.2, 0.25) is 0 Å². The molecule has 0 radical (unpaired) electrons. The monoisotopic (exact) mass is 322 g/mol. The lowest BCUT2D eigenvalue weighted by Gasteiger charge is -2.27. The van der Waals surface area contributed by atoms with Gasteiger partial charge < -0.3 is 10.6 Å². The Balaban J connectivity index is 1.74. The summed E-state index contributed by atoms with van der Waals surface area (Å²) in [6.45, 7) is 8.50. The van der Waals surface area contributed by atoms with E-state index in [1.165, 1.54) is 31.4 Å². The molecule has 1 fully saturated rings. The van der Waals surface area contributed by atoms with Crippen LogP contribution in [0.25, 0.3) is 0 Å². The van der Waals surface area contributed by atoms with Crippen molar-refractivity contribution in [3.05, 3.63) is 16.1 Å². The van der Waals surface area contributed by atoms with Gasteiger partial charge in [0, 0.05) is 19.0 Å². The molecule has 0 saturated heterocycles. The summed E-state index contributed by atoms with van der Waals surface area (Å²) < 4.78 is 0. The molecule has 1 aromatic heterocycles. The third-order valence-corrected chi connectivity index (χ3v) is 5.26.